The van der Waals surface area contributed by atoms with Crippen molar-refractivity contribution in [3.63, 3.8) is 0 Å². The molecule has 16 heteroatoms. The summed E-state index contributed by atoms with van der Waals surface area (Å²) in [5.74, 6) is -0.697. The minimum Gasteiger partial charge on any atom is -0.490 e. The number of nitrogens with one attached hydrogen (secondary N) is 1. The van der Waals surface area contributed by atoms with Crippen LogP contribution < -0.4 is 14.8 Å². The number of nitro groups is 2. The number of rotatable bonds is 6. The number of alkyl halides is 6. The predicted octanol–water partition coefficient (Wildman–Crippen LogP) is 5.83. The summed E-state index contributed by atoms with van der Waals surface area (Å²) < 4.78 is 88.6. The highest BCUT2D eigenvalue weighted by Gasteiger charge is 2.38. The monoisotopic (exact) mass is 594 g/mol. The van der Waals surface area contributed by atoms with E-state index in [1.165, 1.54) is 0 Å². The van der Waals surface area contributed by atoms with Gasteiger partial charge in [-0.3, -0.25) is 20.2 Å². The highest BCUT2D eigenvalue weighted by Crippen LogP contribution is 2.40. The first kappa shape index (κ1) is 31.9. The maximum Gasteiger partial charge on any atom is 0.420 e. The zero-order valence-corrected chi connectivity index (χ0v) is 21.8. The average molecular weight is 595 g/mol. The maximum atomic E-state index is 13.0. The first-order valence-electron chi connectivity index (χ1n) is 12.6. The smallest absolute Gasteiger partial charge is 0.420 e. The van der Waals surface area contributed by atoms with Gasteiger partial charge in [-0.1, -0.05) is 0 Å². The van der Waals surface area contributed by atoms with Gasteiger partial charge in [-0.25, -0.2) is 0 Å². The molecular weight excluding hydrogens is 566 g/mol. The van der Waals surface area contributed by atoms with Crippen LogP contribution in [-0.4, -0.2) is 60.2 Å². The molecule has 41 heavy (non-hydrogen) atoms. The van der Waals surface area contributed by atoms with Gasteiger partial charge >= 0.3 is 12.4 Å². The number of hydrogen-bond acceptors (Lipinski definition) is 8. The molecule has 0 atom stereocenters. The topological polar surface area (TPSA) is 120 Å². The SMILES string of the molecule is CN1CCC(Oc2ccc([N+](=O)[O-])cc2C(F)(F)F)CC1.O=[N+]([O-])c1ccc(OC2CCNCC2)c(C(F)(F)F)c1. The number of piperidine rings is 2. The fraction of sp³-hybridized carbons (Fsp3) is 0.520. The maximum absolute atomic E-state index is 13.0. The van der Waals surface area contributed by atoms with Crippen LogP contribution in [-0.2, 0) is 12.4 Å². The third-order valence-corrected chi connectivity index (χ3v) is 6.50. The van der Waals surface area contributed by atoms with Gasteiger partial charge in [-0.2, -0.15) is 26.3 Å². The van der Waals surface area contributed by atoms with E-state index in [-0.39, 0.29) is 23.7 Å². The molecule has 1 N–H and O–H groups in total. The van der Waals surface area contributed by atoms with Crippen LogP contribution in [0.1, 0.15) is 36.8 Å². The highest BCUT2D eigenvalue weighted by molar-refractivity contribution is 5.46. The van der Waals surface area contributed by atoms with Gasteiger partial charge in [0.25, 0.3) is 11.4 Å². The van der Waals surface area contributed by atoms with Crippen molar-refractivity contribution < 1.29 is 45.7 Å². The molecular formula is C25H28F6N4O6. The highest BCUT2D eigenvalue weighted by atomic mass is 19.4. The number of benzene rings is 2. The van der Waals surface area contributed by atoms with E-state index in [0.717, 1.165) is 37.4 Å². The van der Waals surface area contributed by atoms with E-state index in [9.17, 15) is 46.6 Å². The molecule has 0 bridgehead atoms. The average Bonchev–Trinajstić information content (AvgIpc) is 2.90. The first-order valence-corrected chi connectivity index (χ1v) is 12.6. The number of hydrogen-bond donors (Lipinski definition) is 1. The lowest BCUT2D eigenvalue weighted by molar-refractivity contribution is -0.385. The Kier molecular flexibility index (Phi) is 10.4. The Morgan fingerprint density at radius 3 is 1.51 bits per heavy atom. The second-order valence-electron chi connectivity index (χ2n) is 9.56. The van der Waals surface area contributed by atoms with Crippen molar-refractivity contribution >= 4 is 11.4 Å². The number of non-ortho nitro benzene ring substituents is 2. The second-order valence-corrected chi connectivity index (χ2v) is 9.56. The van der Waals surface area contributed by atoms with Crippen LogP contribution in [0.5, 0.6) is 11.5 Å². The van der Waals surface area contributed by atoms with Gasteiger partial charge in [0.2, 0.25) is 0 Å². The van der Waals surface area contributed by atoms with Gasteiger partial charge in [0.15, 0.2) is 0 Å². The van der Waals surface area contributed by atoms with Crippen molar-refractivity contribution in [1.29, 1.82) is 0 Å². The molecule has 226 valence electrons. The second kappa shape index (κ2) is 13.3. The molecule has 2 saturated heterocycles. The molecule has 4 rings (SSSR count). The van der Waals surface area contributed by atoms with Gasteiger partial charge in [0.1, 0.15) is 34.8 Å². The molecule has 0 saturated carbocycles. The summed E-state index contributed by atoms with van der Waals surface area (Å²) in [5.41, 5.74) is -3.41. The Morgan fingerprint density at radius 2 is 1.15 bits per heavy atom. The van der Waals surface area contributed by atoms with Gasteiger partial charge in [-0.15, -0.1) is 0 Å². The number of halogens is 6. The number of nitrogens with zero attached hydrogens (tertiary/aromatic N) is 3. The molecule has 0 unspecified atom stereocenters. The van der Waals surface area contributed by atoms with E-state index in [0.29, 0.717) is 50.9 Å². The molecule has 2 aromatic carbocycles. The molecule has 10 nitrogen and oxygen atoms in total. The Labute approximate surface area is 230 Å². The van der Waals surface area contributed by atoms with Gasteiger partial charge in [0, 0.05) is 37.4 Å². The van der Waals surface area contributed by atoms with Crippen molar-refractivity contribution in [2.24, 2.45) is 0 Å². The quantitative estimate of drug-likeness (QED) is 0.252. The van der Waals surface area contributed by atoms with Crippen LogP contribution in [0.25, 0.3) is 0 Å². The minimum atomic E-state index is -4.69. The van der Waals surface area contributed by atoms with Crippen LogP contribution in [0.15, 0.2) is 36.4 Å². The molecule has 0 amide bonds. The normalized spacial score (nSPS) is 17.3. The molecule has 2 aliphatic rings. The first-order chi connectivity index (χ1) is 19.1. The van der Waals surface area contributed by atoms with Crippen molar-refractivity contribution in [2.75, 3.05) is 33.2 Å². The Morgan fingerprint density at radius 1 is 0.756 bits per heavy atom. The summed E-state index contributed by atoms with van der Waals surface area (Å²) in [5, 5.41) is 24.3. The molecule has 2 aromatic rings. The lowest BCUT2D eigenvalue weighted by atomic mass is 10.1. The van der Waals surface area contributed by atoms with E-state index in [2.05, 4.69) is 10.2 Å². The van der Waals surface area contributed by atoms with Crippen LogP contribution in [0, 0.1) is 20.2 Å². The van der Waals surface area contributed by atoms with Crippen LogP contribution in [0.4, 0.5) is 37.7 Å². The van der Waals surface area contributed by atoms with Crippen molar-refractivity contribution in [3.05, 3.63) is 67.8 Å². The minimum absolute atomic E-state index is 0.302. The van der Waals surface area contributed by atoms with Crippen LogP contribution in [0.2, 0.25) is 0 Å². The Hall–Kier alpha value is -3.66. The zero-order chi connectivity index (χ0) is 30.4. The molecule has 0 aliphatic carbocycles. The van der Waals surface area contributed by atoms with E-state index < -0.39 is 44.7 Å². The fourth-order valence-corrected chi connectivity index (χ4v) is 4.29. The van der Waals surface area contributed by atoms with Gasteiger partial charge in [0.05, 0.1) is 9.85 Å². The number of nitro benzene ring substituents is 2. The summed E-state index contributed by atoms with van der Waals surface area (Å²) >= 11 is 0. The van der Waals surface area contributed by atoms with Gasteiger partial charge in [-0.05, 0) is 58.0 Å². The van der Waals surface area contributed by atoms with Crippen LogP contribution >= 0.6 is 0 Å². The summed E-state index contributed by atoms with van der Waals surface area (Å²) in [6.07, 6.45) is -7.51. The standard InChI is InChI=1S/C13H15F3N2O3.C12H13F3N2O3/c1-17-6-4-10(5-7-17)21-12-3-2-9(18(19)20)8-11(12)13(14,15)16;13-12(14,15)10-7-8(17(18)19)1-2-11(10)20-9-3-5-16-6-4-9/h2-3,8,10H,4-7H2,1H3;1-2,7,9,16H,3-6H2. The lowest BCUT2D eigenvalue weighted by Crippen LogP contribution is -2.36. The molecule has 0 spiro atoms. The van der Waals surface area contributed by atoms with Gasteiger partial charge < -0.3 is 19.7 Å². The summed E-state index contributed by atoms with van der Waals surface area (Å²) in [7, 11) is 1.93. The molecule has 2 heterocycles. The largest absolute Gasteiger partial charge is 0.490 e. The summed E-state index contributed by atoms with van der Waals surface area (Å²) in [6, 6.07) is 5.12. The fourth-order valence-electron chi connectivity index (χ4n) is 4.29. The zero-order valence-electron chi connectivity index (χ0n) is 21.8. The third-order valence-electron chi connectivity index (χ3n) is 6.50. The Balaban J connectivity index is 0.000000226. The van der Waals surface area contributed by atoms with Crippen LogP contribution in [0.3, 0.4) is 0 Å². The van der Waals surface area contributed by atoms with E-state index >= 15 is 0 Å². The predicted molar refractivity (Wildman–Crippen MR) is 134 cm³/mol. The van der Waals surface area contributed by atoms with E-state index in [1.807, 2.05) is 7.05 Å². The van der Waals surface area contributed by atoms with Crippen molar-refractivity contribution in [2.45, 2.75) is 50.2 Å². The summed E-state index contributed by atoms with van der Waals surface area (Å²) in [4.78, 5) is 21.5. The molecule has 0 radical (unpaired) electrons. The van der Waals surface area contributed by atoms with Crippen molar-refractivity contribution in [3.8, 4) is 11.5 Å². The molecule has 2 aliphatic heterocycles. The Bertz CT molecular complexity index is 1210. The number of ether oxygens (including phenoxy) is 2. The lowest BCUT2D eigenvalue weighted by Gasteiger charge is -2.30. The third kappa shape index (κ3) is 9.18. The molecule has 2 fully saturated rings. The number of likely N-dealkylation sites (tertiary alicyclic amines) is 1. The van der Waals surface area contributed by atoms with E-state index in [4.69, 9.17) is 9.47 Å². The molecule has 0 aromatic heterocycles. The van der Waals surface area contributed by atoms with E-state index in [1.54, 1.807) is 0 Å². The summed E-state index contributed by atoms with van der Waals surface area (Å²) in [6.45, 7) is 2.86. The van der Waals surface area contributed by atoms with Crippen molar-refractivity contribution in [1.82, 2.24) is 10.2 Å².